The molecule has 0 aliphatic heterocycles. The Balaban J connectivity index is 1.45. The molecule has 6 heteroatoms. The van der Waals surface area contributed by atoms with Crippen LogP contribution in [0.15, 0.2) is 36.7 Å². The Morgan fingerprint density at radius 2 is 2.11 bits per heavy atom. The predicted molar refractivity (Wildman–Crippen MR) is 111 cm³/mol. The monoisotopic (exact) mass is 382 g/mol. The molecule has 1 fully saturated rings. The highest BCUT2D eigenvalue weighted by molar-refractivity contribution is 7.17. The van der Waals surface area contributed by atoms with E-state index in [0.29, 0.717) is 12.5 Å². The van der Waals surface area contributed by atoms with E-state index in [4.69, 9.17) is 5.73 Å². The Hall–Kier alpha value is -2.18. The van der Waals surface area contributed by atoms with Gasteiger partial charge in [0.2, 0.25) is 0 Å². The summed E-state index contributed by atoms with van der Waals surface area (Å²) in [4.78, 5) is 22.0. The molecule has 0 bridgehead atoms. The largest absolute Gasteiger partial charge is 0.347 e. The van der Waals surface area contributed by atoms with Gasteiger partial charge in [0.15, 0.2) is 0 Å². The van der Waals surface area contributed by atoms with Crippen molar-refractivity contribution in [1.29, 1.82) is 0 Å². The molecular weight excluding hydrogens is 356 g/mol. The first-order valence-electron chi connectivity index (χ1n) is 9.78. The highest BCUT2D eigenvalue weighted by Gasteiger charge is 2.21. The molecule has 0 radical (unpaired) electrons. The standard InChI is InChI=1S/C21H26N4OS/c22-13-15(12-14-4-2-1-3-5-14)25-21(26)19-7-6-18(27-19)16-8-10-23-20-17(16)9-11-24-20/h6-11,14-15H,1-5,12-13,22H2,(H,23,24)(H,25,26)/t15-/m0/s1. The molecule has 3 heterocycles. The van der Waals surface area contributed by atoms with Crippen LogP contribution in [0.2, 0.25) is 0 Å². The number of hydrogen-bond donors (Lipinski definition) is 3. The van der Waals surface area contributed by atoms with Crippen molar-refractivity contribution < 1.29 is 4.79 Å². The second-order valence-corrected chi connectivity index (χ2v) is 8.49. The average Bonchev–Trinajstić information content (AvgIpc) is 3.37. The van der Waals surface area contributed by atoms with Crippen molar-refractivity contribution in [2.24, 2.45) is 11.7 Å². The van der Waals surface area contributed by atoms with E-state index in [1.807, 2.05) is 30.5 Å². The van der Waals surface area contributed by atoms with Crippen molar-refractivity contribution in [1.82, 2.24) is 15.3 Å². The van der Waals surface area contributed by atoms with Gasteiger partial charge in [-0.25, -0.2) is 4.98 Å². The number of nitrogens with one attached hydrogen (secondary N) is 2. The zero-order valence-electron chi connectivity index (χ0n) is 15.4. The van der Waals surface area contributed by atoms with Crippen molar-refractivity contribution in [3.05, 3.63) is 41.5 Å². The lowest BCUT2D eigenvalue weighted by atomic mass is 9.85. The smallest absolute Gasteiger partial charge is 0.261 e. The third kappa shape index (κ3) is 4.06. The molecular formula is C21H26N4OS. The second-order valence-electron chi connectivity index (χ2n) is 7.41. The second kappa shape index (κ2) is 8.23. The maximum Gasteiger partial charge on any atom is 0.261 e. The number of aromatic nitrogens is 2. The van der Waals surface area contributed by atoms with Gasteiger partial charge in [-0.2, -0.15) is 0 Å². The molecule has 0 saturated heterocycles. The number of amides is 1. The van der Waals surface area contributed by atoms with E-state index in [-0.39, 0.29) is 11.9 Å². The highest BCUT2D eigenvalue weighted by atomic mass is 32.1. The quantitative estimate of drug-likeness (QED) is 0.594. The topological polar surface area (TPSA) is 83.8 Å². The molecule has 4 N–H and O–H groups in total. The van der Waals surface area contributed by atoms with Gasteiger partial charge < -0.3 is 16.0 Å². The van der Waals surface area contributed by atoms with Crippen molar-refractivity contribution in [3.8, 4) is 10.4 Å². The number of carbonyl (C=O) groups is 1. The minimum atomic E-state index is -0.0168. The number of nitrogens with two attached hydrogens (primary N) is 1. The lowest BCUT2D eigenvalue weighted by molar-refractivity contribution is 0.0934. The van der Waals surface area contributed by atoms with Crippen molar-refractivity contribution in [3.63, 3.8) is 0 Å². The van der Waals surface area contributed by atoms with Crippen LogP contribution in [0.25, 0.3) is 21.5 Å². The summed E-state index contributed by atoms with van der Waals surface area (Å²) in [6, 6.07) is 7.99. The first-order valence-corrected chi connectivity index (χ1v) is 10.6. The Morgan fingerprint density at radius 1 is 1.26 bits per heavy atom. The summed E-state index contributed by atoms with van der Waals surface area (Å²) in [7, 11) is 0. The van der Waals surface area contributed by atoms with Gasteiger partial charge in [-0.15, -0.1) is 11.3 Å². The van der Waals surface area contributed by atoms with Gasteiger partial charge in [-0.1, -0.05) is 32.1 Å². The molecule has 1 aliphatic rings. The van der Waals surface area contributed by atoms with Crippen LogP contribution in [-0.2, 0) is 0 Å². The summed E-state index contributed by atoms with van der Waals surface area (Å²) < 4.78 is 0. The van der Waals surface area contributed by atoms with Crippen molar-refractivity contribution in [2.45, 2.75) is 44.6 Å². The molecule has 3 aromatic heterocycles. The molecule has 1 saturated carbocycles. The SMILES string of the molecule is NC[C@H](CC1CCCCC1)NC(=O)c1ccc(-c2ccnc3[nH]ccc23)s1. The summed E-state index contributed by atoms with van der Waals surface area (Å²) in [6.45, 7) is 0.495. The van der Waals surface area contributed by atoms with Crippen LogP contribution in [0.5, 0.6) is 0 Å². The van der Waals surface area contributed by atoms with Crippen LogP contribution < -0.4 is 11.1 Å². The normalized spacial score (nSPS) is 16.5. The molecule has 0 aromatic carbocycles. The molecule has 3 aromatic rings. The average molecular weight is 383 g/mol. The van der Waals surface area contributed by atoms with Crippen molar-refractivity contribution >= 4 is 28.3 Å². The summed E-state index contributed by atoms with van der Waals surface area (Å²) in [5, 5.41) is 4.23. The van der Waals surface area contributed by atoms with Crippen molar-refractivity contribution in [2.75, 3.05) is 6.54 Å². The predicted octanol–water partition coefficient (Wildman–Crippen LogP) is 4.32. The van der Waals surface area contributed by atoms with Gasteiger partial charge in [0, 0.05) is 40.8 Å². The molecule has 1 atom stereocenters. The summed E-state index contributed by atoms with van der Waals surface area (Å²) in [6.07, 6.45) is 11.2. The van der Waals surface area contributed by atoms with Gasteiger partial charge >= 0.3 is 0 Å². The van der Waals surface area contributed by atoms with Crippen LogP contribution in [0.1, 0.15) is 48.2 Å². The fraction of sp³-hybridized carbons (Fsp3) is 0.429. The maximum absolute atomic E-state index is 12.7. The van der Waals surface area contributed by atoms with Gasteiger partial charge in [0.25, 0.3) is 5.91 Å². The molecule has 1 amide bonds. The molecule has 142 valence electrons. The zero-order valence-corrected chi connectivity index (χ0v) is 16.2. The third-order valence-corrected chi connectivity index (χ3v) is 6.64. The van der Waals surface area contributed by atoms with Gasteiger partial charge in [-0.05, 0) is 36.6 Å². The Morgan fingerprint density at radius 3 is 2.93 bits per heavy atom. The van der Waals surface area contributed by atoms with Crippen LogP contribution in [0, 0.1) is 5.92 Å². The fourth-order valence-corrected chi connectivity index (χ4v) is 5.02. The molecule has 0 unspecified atom stereocenters. The van der Waals surface area contributed by atoms with Crippen LogP contribution >= 0.6 is 11.3 Å². The maximum atomic E-state index is 12.7. The first kappa shape index (κ1) is 18.2. The Bertz CT molecular complexity index is 910. The molecule has 4 rings (SSSR count). The minimum Gasteiger partial charge on any atom is -0.347 e. The number of nitrogens with zero attached hydrogens (tertiary/aromatic N) is 1. The van der Waals surface area contributed by atoms with Gasteiger partial charge in [0.05, 0.1) is 4.88 Å². The lowest BCUT2D eigenvalue weighted by Crippen LogP contribution is -2.41. The number of aromatic amines is 1. The molecule has 27 heavy (non-hydrogen) atoms. The van der Waals surface area contributed by atoms with Gasteiger partial charge in [-0.3, -0.25) is 4.79 Å². The van der Waals surface area contributed by atoms with E-state index in [2.05, 4.69) is 15.3 Å². The lowest BCUT2D eigenvalue weighted by Gasteiger charge is -2.26. The summed E-state index contributed by atoms with van der Waals surface area (Å²) in [5.74, 6) is 0.682. The van der Waals surface area contributed by atoms with E-state index in [1.54, 1.807) is 6.20 Å². The highest BCUT2D eigenvalue weighted by Crippen LogP contribution is 2.33. The fourth-order valence-electron chi connectivity index (χ4n) is 4.08. The van der Waals surface area contributed by atoms with E-state index < -0.39 is 0 Å². The molecule has 0 spiro atoms. The number of H-pyrrole nitrogens is 1. The third-order valence-electron chi connectivity index (χ3n) is 5.52. The first-order chi connectivity index (χ1) is 13.2. The summed E-state index contributed by atoms with van der Waals surface area (Å²) in [5.41, 5.74) is 7.90. The molecule has 5 nitrogen and oxygen atoms in total. The Kier molecular flexibility index (Phi) is 5.55. The van der Waals surface area contributed by atoms with E-state index in [1.165, 1.54) is 43.4 Å². The van der Waals surface area contributed by atoms with E-state index in [9.17, 15) is 4.79 Å². The molecule has 1 aliphatic carbocycles. The van der Waals surface area contributed by atoms with Crippen LogP contribution in [0.3, 0.4) is 0 Å². The number of fused-ring (bicyclic) bond motifs is 1. The number of carbonyl (C=O) groups excluding carboxylic acids is 1. The van der Waals surface area contributed by atoms with E-state index in [0.717, 1.165) is 32.8 Å². The number of pyridine rings is 1. The minimum absolute atomic E-state index is 0.0168. The number of thiophene rings is 1. The van der Waals surface area contributed by atoms with Crippen LogP contribution in [-0.4, -0.2) is 28.5 Å². The number of hydrogen-bond acceptors (Lipinski definition) is 4. The summed E-state index contributed by atoms with van der Waals surface area (Å²) >= 11 is 1.52. The Labute approximate surface area is 163 Å². The zero-order chi connectivity index (χ0) is 18.6. The van der Waals surface area contributed by atoms with Crippen LogP contribution in [0.4, 0.5) is 0 Å². The number of rotatable bonds is 6. The van der Waals surface area contributed by atoms with E-state index >= 15 is 0 Å². The van der Waals surface area contributed by atoms with Gasteiger partial charge in [0.1, 0.15) is 5.65 Å².